The average Bonchev–Trinajstić information content (AvgIpc) is 2.52. The van der Waals surface area contributed by atoms with Crippen LogP contribution in [0.15, 0.2) is 53.4 Å². The second-order valence-electron chi connectivity index (χ2n) is 4.98. The van der Waals surface area contributed by atoms with E-state index in [9.17, 15) is 8.42 Å². The molecule has 5 nitrogen and oxygen atoms in total. The number of aliphatic hydroxyl groups is 1. The number of anilines is 1. The first-order chi connectivity index (χ1) is 10.5. The van der Waals surface area contributed by atoms with Gasteiger partial charge in [-0.2, -0.15) is 0 Å². The maximum absolute atomic E-state index is 12.1. The van der Waals surface area contributed by atoms with Crippen LogP contribution < -0.4 is 10.5 Å². The van der Waals surface area contributed by atoms with Crippen LogP contribution >= 0.6 is 0 Å². The van der Waals surface area contributed by atoms with E-state index in [2.05, 4.69) is 4.72 Å². The Kier molecular flexibility index (Phi) is 5.54. The summed E-state index contributed by atoms with van der Waals surface area (Å²) in [6.07, 6.45) is 1.19. The Morgan fingerprint density at radius 3 is 2.36 bits per heavy atom. The first-order valence-electron chi connectivity index (χ1n) is 7.09. The smallest absolute Gasteiger partial charge is 0.240 e. The van der Waals surface area contributed by atoms with Crippen LogP contribution in [-0.4, -0.2) is 26.7 Å². The first kappa shape index (κ1) is 16.5. The van der Waals surface area contributed by atoms with Gasteiger partial charge in [0.25, 0.3) is 0 Å². The molecule has 0 fully saturated rings. The lowest BCUT2D eigenvalue weighted by molar-refractivity contribution is 0.285. The number of aliphatic hydroxyl groups excluding tert-OH is 1. The topological polar surface area (TPSA) is 92.4 Å². The van der Waals surface area contributed by atoms with Gasteiger partial charge in [0.1, 0.15) is 0 Å². The van der Waals surface area contributed by atoms with Gasteiger partial charge in [0.15, 0.2) is 0 Å². The Labute approximate surface area is 130 Å². The Bertz CT molecular complexity index is 712. The predicted octanol–water partition coefficient (Wildman–Crippen LogP) is 1.99. The maximum atomic E-state index is 12.1. The molecule has 0 spiro atoms. The van der Waals surface area contributed by atoms with Crippen molar-refractivity contribution in [1.82, 2.24) is 4.72 Å². The summed E-state index contributed by atoms with van der Waals surface area (Å²) in [7, 11) is -3.50. The van der Waals surface area contributed by atoms with Gasteiger partial charge in [0, 0.05) is 18.8 Å². The van der Waals surface area contributed by atoms with Crippen LogP contribution in [0.25, 0.3) is 11.1 Å². The van der Waals surface area contributed by atoms with Crippen molar-refractivity contribution in [3.05, 3.63) is 48.5 Å². The third-order valence-corrected chi connectivity index (χ3v) is 4.74. The lowest BCUT2D eigenvalue weighted by atomic mass is 10.1. The fourth-order valence-electron chi connectivity index (χ4n) is 2.07. The van der Waals surface area contributed by atoms with Crippen molar-refractivity contribution < 1.29 is 13.5 Å². The Morgan fingerprint density at radius 1 is 1.00 bits per heavy atom. The molecule has 0 amide bonds. The van der Waals surface area contributed by atoms with Crippen LogP contribution in [0.2, 0.25) is 0 Å². The standard InChI is InChI=1S/C16H20N2O3S/c17-15-5-3-4-14(12-15)13-6-8-16(9-7-13)22(20,21)18-10-1-2-11-19/h3-9,12,18-19H,1-2,10-11,17H2. The van der Waals surface area contributed by atoms with Gasteiger partial charge in [0.2, 0.25) is 10.0 Å². The van der Waals surface area contributed by atoms with E-state index >= 15 is 0 Å². The Hall–Kier alpha value is -1.89. The van der Waals surface area contributed by atoms with Crippen LogP contribution in [0.3, 0.4) is 0 Å². The molecule has 6 heteroatoms. The van der Waals surface area contributed by atoms with Crippen molar-refractivity contribution in [3.8, 4) is 11.1 Å². The Morgan fingerprint density at radius 2 is 1.73 bits per heavy atom. The second-order valence-corrected chi connectivity index (χ2v) is 6.75. The van der Waals surface area contributed by atoms with E-state index in [1.165, 1.54) is 0 Å². The largest absolute Gasteiger partial charge is 0.399 e. The molecule has 0 aromatic heterocycles. The van der Waals surface area contributed by atoms with Crippen LogP contribution in [0, 0.1) is 0 Å². The van der Waals surface area contributed by atoms with E-state index in [0.717, 1.165) is 11.1 Å². The number of nitrogens with one attached hydrogen (secondary N) is 1. The summed E-state index contributed by atoms with van der Waals surface area (Å²) in [5.41, 5.74) is 8.27. The molecule has 118 valence electrons. The molecule has 0 aliphatic heterocycles. The zero-order chi connectivity index (χ0) is 16.0. The van der Waals surface area contributed by atoms with Crippen molar-refractivity contribution in [2.24, 2.45) is 0 Å². The molecule has 0 aliphatic rings. The van der Waals surface area contributed by atoms with Crippen molar-refractivity contribution in [2.45, 2.75) is 17.7 Å². The second kappa shape index (κ2) is 7.40. The summed E-state index contributed by atoms with van der Waals surface area (Å²) in [5, 5.41) is 8.68. The molecule has 0 bridgehead atoms. The first-order valence-corrected chi connectivity index (χ1v) is 8.58. The van der Waals surface area contributed by atoms with Crippen LogP contribution in [0.1, 0.15) is 12.8 Å². The summed E-state index contributed by atoms with van der Waals surface area (Å²) in [4.78, 5) is 0.226. The highest BCUT2D eigenvalue weighted by atomic mass is 32.2. The van der Waals surface area contributed by atoms with Gasteiger partial charge in [-0.05, 0) is 48.2 Å². The number of sulfonamides is 1. The molecule has 0 aliphatic carbocycles. The summed E-state index contributed by atoms with van der Waals surface area (Å²) >= 11 is 0. The minimum absolute atomic E-state index is 0.0661. The zero-order valence-electron chi connectivity index (χ0n) is 12.2. The molecule has 0 atom stereocenters. The molecule has 4 N–H and O–H groups in total. The molecule has 0 saturated carbocycles. The van der Waals surface area contributed by atoms with Gasteiger partial charge in [-0.15, -0.1) is 0 Å². The maximum Gasteiger partial charge on any atom is 0.240 e. The van der Waals surface area contributed by atoms with E-state index in [1.54, 1.807) is 30.3 Å². The molecule has 2 aromatic carbocycles. The minimum atomic E-state index is -3.50. The summed E-state index contributed by atoms with van der Waals surface area (Å²) in [5.74, 6) is 0. The number of hydrogen-bond donors (Lipinski definition) is 3. The SMILES string of the molecule is Nc1cccc(-c2ccc(S(=O)(=O)NCCCCO)cc2)c1. The highest BCUT2D eigenvalue weighted by Crippen LogP contribution is 2.23. The van der Waals surface area contributed by atoms with Crippen molar-refractivity contribution in [3.63, 3.8) is 0 Å². The van der Waals surface area contributed by atoms with Gasteiger partial charge in [-0.25, -0.2) is 13.1 Å². The highest BCUT2D eigenvalue weighted by molar-refractivity contribution is 7.89. The van der Waals surface area contributed by atoms with Crippen LogP contribution in [0.5, 0.6) is 0 Å². The normalized spacial score (nSPS) is 11.5. The summed E-state index contributed by atoms with van der Waals surface area (Å²) in [6.45, 7) is 0.385. The molecule has 2 rings (SSSR count). The molecule has 0 radical (unpaired) electrons. The van der Waals surface area contributed by atoms with Gasteiger partial charge in [-0.3, -0.25) is 0 Å². The molecule has 2 aromatic rings. The lowest BCUT2D eigenvalue weighted by Crippen LogP contribution is -2.24. The summed E-state index contributed by atoms with van der Waals surface area (Å²) < 4.78 is 26.7. The molecule has 0 unspecified atom stereocenters. The predicted molar refractivity (Wildman–Crippen MR) is 87.8 cm³/mol. The summed E-state index contributed by atoms with van der Waals surface area (Å²) in [6, 6.07) is 14.1. The monoisotopic (exact) mass is 320 g/mol. The molecular formula is C16H20N2O3S. The fraction of sp³-hybridized carbons (Fsp3) is 0.250. The molecule has 0 saturated heterocycles. The average molecular weight is 320 g/mol. The number of hydrogen-bond acceptors (Lipinski definition) is 4. The lowest BCUT2D eigenvalue weighted by Gasteiger charge is -2.08. The van der Waals surface area contributed by atoms with E-state index in [1.807, 2.05) is 18.2 Å². The third-order valence-electron chi connectivity index (χ3n) is 3.26. The van der Waals surface area contributed by atoms with Crippen molar-refractivity contribution in [1.29, 1.82) is 0 Å². The number of benzene rings is 2. The van der Waals surface area contributed by atoms with E-state index < -0.39 is 10.0 Å². The number of nitrogens with two attached hydrogens (primary N) is 1. The number of rotatable bonds is 7. The van der Waals surface area contributed by atoms with E-state index in [4.69, 9.17) is 10.8 Å². The molecular weight excluding hydrogens is 300 g/mol. The van der Waals surface area contributed by atoms with Gasteiger partial charge >= 0.3 is 0 Å². The minimum Gasteiger partial charge on any atom is -0.399 e. The van der Waals surface area contributed by atoms with E-state index in [0.29, 0.717) is 25.1 Å². The van der Waals surface area contributed by atoms with Crippen LogP contribution in [-0.2, 0) is 10.0 Å². The number of nitrogen functional groups attached to an aromatic ring is 1. The quantitative estimate of drug-likeness (QED) is 0.537. The van der Waals surface area contributed by atoms with Crippen molar-refractivity contribution in [2.75, 3.05) is 18.9 Å². The van der Waals surface area contributed by atoms with Gasteiger partial charge in [0.05, 0.1) is 4.90 Å². The van der Waals surface area contributed by atoms with Gasteiger partial charge < -0.3 is 10.8 Å². The van der Waals surface area contributed by atoms with Crippen LogP contribution in [0.4, 0.5) is 5.69 Å². The molecule has 22 heavy (non-hydrogen) atoms. The number of unbranched alkanes of at least 4 members (excludes halogenated alkanes) is 1. The van der Waals surface area contributed by atoms with E-state index in [-0.39, 0.29) is 11.5 Å². The zero-order valence-corrected chi connectivity index (χ0v) is 13.0. The third kappa shape index (κ3) is 4.30. The molecule has 0 heterocycles. The Balaban J connectivity index is 2.11. The highest BCUT2D eigenvalue weighted by Gasteiger charge is 2.13. The fourth-order valence-corrected chi connectivity index (χ4v) is 3.15. The van der Waals surface area contributed by atoms with Gasteiger partial charge in [-0.1, -0.05) is 24.3 Å². The van der Waals surface area contributed by atoms with Crippen molar-refractivity contribution >= 4 is 15.7 Å².